The summed E-state index contributed by atoms with van der Waals surface area (Å²) in [5.74, 6) is 0. The molecule has 0 atom stereocenters. The fourth-order valence-corrected chi connectivity index (χ4v) is 13.4. The summed E-state index contributed by atoms with van der Waals surface area (Å²) in [7, 11) is 14.5. The zero-order valence-corrected chi connectivity index (χ0v) is 65.9. The molecule has 7 heteroatoms. The Balaban J connectivity index is 0.000000159. The van der Waals surface area contributed by atoms with E-state index in [-0.39, 0.29) is 0 Å². The van der Waals surface area contributed by atoms with Crippen molar-refractivity contribution < 1.29 is 36.1 Å². The highest BCUT2D eigenvalue weighted by Gasteiger charge is 2.19. The predicted molar refractivity (Wildman–Crippen MR) is 438 cm³/mol. The van der Waals surface area contributed by atoms with Gasteiger partial charge in [0.25, 0.3) is 0 Å². The number of aromatic nitrogens is 7. The van der Waals surface area contributed by atoms with Gasteiger partial charge in [0.15, 0.2) is 43.4 Å². The van der Waals surface area contributed by atoms with Crippen molar-refractivity contribution in [1.82, 2.24) is 0 Å². The molecule has 0 N–H and O–H groups in total. The summed E-state index contributed by atoms with van der Waals surface area (Å²) in [5.41, 5.74) is 35.0. The van der Waals surface area contributed by atoms with Crippen molar-refractivity contribution in [3.63, 3.8) is 0 Å². The van der Waals surface area contributed by atoms with Crippen LogP contribution in [0, 0.1) is 96.9 Å². The molecule has 7 aromatic heterocycles. The number of aryl methyl sites for hydroxylation is 21. The Bertz CT molecular complexity index is 4810. The smallest absolute Gasteiger partial charge is 0.201 e. The van der Waals surface area contributed by atoms with E-state index >= 15 is 0 Å². The average Bonchev–Trinajstić information content (AvgIpc) is 0.862. The van der Waals surface area contributed by atoms with Gasteiger partial charge >= 0.3 is 0 Å². The predicted octanol–water partition coefficient (Wildman–Crippen LogP) is 19.6. The number of rotatable bonds is 7. The monoisotopic (exact) mass is 1390 g/mol. The van der Waals surface area contributed by atoms with Gasteiger partial charge in [0.1, 0.15) is 49.3 Å². The second kappa shape index (κ2) is 38.2. The van der Waals surface area contributed by atoms with E-state index in [4.69, 9.17) is 4.11 Å². The third kappa shape index (κ3) is 21.4. The van der Waals surface area contributed by atoms with Crippen molar-refractivity contribution in [2.45, 2.75) is 96.9 Å². The topological polar surface area (TPSA) is 27.2 Å². The van der Waals surface area contributed by atoms with Crippen LogP contribution in [0.3, 0.4) is 0 Å². The molecule has 0 radical (unpaired) electrons. The van der Waals surface area contributed by atoms with E-state index in [0.29, 0.717) is 5.56 Å². The van der Waals surface area contributed by atoms with Gasteiger partial charge in [0.2, 0.25) is 39.9 Å². The van der Waals surface area contributed by atoms with Gasteiger partial charge in [-0.1, -0.05) is 126 Å². The van der Waals surface area contributed by atoms with E-state index in [2.05, 4.69) is 408 Å². The Morgan fingerprint density at radius 2 is 0.467 bits per heavy atom. The third-order valence-corrected chi connectivity index (χ3v) is 19.2. The second-order valence-corrected chi connectivity index (χ2v) is 27.6. The minimum absolute atomic E-state index is 0.391. The SMILES string of the molecule is Cc1ccc(C)c(-c2cccc[n+]2C)c1.Cc1ccc(C)c(-c2cccc[n+]2C)c1.Cc1cccc(C)c1-c1cccc[n+]1C.Cc1cccc(C)c1-c1cccc[n+]1C.Cc1ccccc1-c1c(C)ccc[n+]1C.Cc1ccccc1-c1c(C)ccc[n+]1C.[2H]C([2H])([2H])c1ccc(-c2cccc[n+]2C)c(C)c1. The Kier molecular flexibility index (Phi) is 27.2. The minimum atomic E-state index is -2.04. The Labute approximate surface area is 633 Å². The van der Waals surface area contributed by atoms with Crippen LogP contribution in [0.4, 0.5) is 0 Å². The second-order valence-electron chi connectivity index (χ2n) is 27.6. The first-order valence-corrected chi connectivity index (χ1v) is 36.2. The zero-order chi connectivity index (χ0) is 78.4. The molecule has 7 aromatic carbocycles. The molecule has 105 heavy (non-hydrogen) atoms. The van der Waals surface area contributed by atoms with Crippen LogP contribution >= 0.6 is 0 Å². The average molecular weight is 1390 g/mol. The highest BCUT2D eigenvalue weighted by Crippen LogP contribution is 2.29. The molecule has 14 rings (SSSR count). The molecular weight excluding hydrogens is 1280 g/mol. The van der Waals surface area contributed by atoms with Crippen LogP contribution < -0.4 is 32.0 Å². The minimum Gasteiger partial charge on any atom is -0.201 e. The number of nitrogens with zero attached hydrogens (tertiary/aromatic N) is 7. The van der Waals surface area contributed by atoms with Gasteiger partial charge in [-0.15, -0.1) is 0 Å². The quantitative estimate of drug-likeness (QED) is 0.142. The van der Waals surface area contributed by atoms with E-state index in [0.717, 1.165) is 16.8 Å². The maximum absolute atomic E-state index is 7.42. The van der Waals surface area contributed by atoms with Gasteiger partial charge in [-0.05, 0) is 220 Å². The van der Waals surface area contributed by atoms with Crippen LogP contribution in [0.25, 0.3) is 78.8 Å². The van der Waals surface area contributed by atoms with E-state index in [1.54, 1.807) is 12.1 Å². The maximum atomic E-state index is 7.42. The first-order chi connectivity index (χ1) is 51.5. The Morgan fingerprint density at radius 1 is 0.190 bits per heavy atom. The molecule has 0 unspecified atom stereocenters. The van der Waals surface area contributed by atoms with Gasteiger partial charge in [0.05, 0.1) is 11.1 Å². The van der Waals surface area contributed by atoms with Crippen LogP contribution in [0.1, 0.15) is 82.0 Å². The van der Waals surface area contributed by atoms with E-state index < -0.39 is 6.85 Å². The largest absolute Gasteiger partial charge is 0.215 e. The van der Waals surface area contributed by atoms with Gasteiger partial charge in [-0.2, -0.15) is 0 Å². The lowest BCUT2D eigenvalue weighted by atomic mass is 9.99. The molecule has 0 aliphatic carbocycles. The number of hydrogen-bond acceptors (Lipinski definition) is 0. The molecule has 7 heterocycles. The summed E-state index contributed by atoms with van der Waals surface area (Å²) < 4.78 is 37.3. The summed E-state index contributed by atoms with van der Waals surface area (Å²) in [4.78, 5) is 0. The molecule has 0 spiro atoms. The van der Waals surface area contributed by atoms with Gasteiger partial charge in [-0.3, -0.25) is 0 Å². The molecule has 0 aliphatic heterocycles. The molecule has 0 bridgehead atoms. The lowest BCUT2D eigenvalue weighted by molar-refractivity contribution is -0.660. The van der Waals surface area contributed by atoms with Crippen LogP contribution in [0.2, 0.25) is 0 Å². The third-order valence-electron chi connectivity index (χ3n) is 19.2. The number of hydrogen-bond donors (Lipinski definition) is 0. The molecule has 0 saturated heterocycles. The van der Waals surface area contributed by atoms with Crippen LogP contribution in [0.15, 0.2) is 298 Å². The van der Waals surface area contributed by atoms with Crippen molar-refractivity contribution >= 4 is 0 Å². The van der Waals surface area contributed by atoms with Crippen molar-refractivity contribution in [2.24, 2.45) is 49.3 Å². The number of benzene rings is 7. The van der Waals surface area contributed by atoms with Crippen LogP contribution in [-0.2, 0) is 49.3 Å². The highest BCUT2D eigenvalue weighted by molar-refractivity contribution is 5.68. The molecule has 0 fully saturated rings. The first kappa shape index (κ1) is 74.8. The zero-order valence-electron chi connectivity index (χ0n) is 68.9. The van der Waals surface area contributed by atoms with Crippen molar-refractivity contribution in [3.05, 3.63) is 376 Å². The van der Waals surface area contributed by atoms with Crippen molar-refractivity contribution in [1.29, 1.82) is 0 Å². The van der Waals surface area contributed by atoms with Gasteiger partial charge in [-0.25, -0.2) is 32.0 Å². The van der Waals surface area contributed by atoms with E-state index in [1.165, 1.54) is 134 Å². The van der Waals surface area contributed by atoms with Gasteiger partial charge in [0, 0.05) is 116 Å². The van der Waals surface area contributed by atoms with Crippen molar-refractivity contribution in [3.8, 4) is 78.8 Å². The molecular formula is C98H112N7+7. The fourth-order valence-electron chi connectivity index (χ4n) is 13.4. The standard InChI is InChI=1S/7C14H16N/c2*1-11-7-6-8-12(2)14(11)13-9-4-5-10-15(13)3;2*1-11-7-4-5-9-13(11)14-12(2)8-6-10-15(14)3;1-11-7-8-13(12(2)10-11)14-6-4-5-9-15(14)3;2*1-11-7-8-12(2)13(10-11)14-6-4-5-9-15(14)3/h7*4-10H,1-3H3/q7*+1/i;;;;1D3;;. The number of pyridine rings is 7. The summed E-state index contributed by atoms with van der Waals surface area (Å²) >= 11 is 0. The highest BCUT2D eigenvalue weighted by atomic mass is 14.9. The molecule has 14 aromatic rings. The molecule has 7 nitrogen and oxygen atoms in total. The summed E-state index contributed by atoms with van der Waals surface area (Å²) in [6, 6.07) is 87.9. The normalized spacial score (nSPS) is 10.9. The van der Waals surface area contributed by atoms with Crippen LogP contribution in [-0.4, -0.2) is 0 Å². The lowest BCUT2D eigenvalue weighted by Crippen LogP contribution is -2.31. The Hall–Kier alpha value is -11.4. The fraction of sp³-hybridized carbons (Fsp3) is 0.214. The summed E-state index contributed by atoms with van der Waals surface area (Å²) in [5, 5.41) is 0. The first-order valence-electron chi connectivity index (χ1n) is 37.7. The summed E-state index contributed by atoms with van der Waals surface area (Å²) in [6.45, 7) is 25.7. The molecule has 532 valence electrons. The molecule has 0 aliphatic rings. The Morgan fingerprint density at radius 3 is 0.781 bits per heavy atom. The maximum Gasteiger partial charge on any atom is 0.215 e. The van der Waals surface area contributed by atoms with E-state index in [1.807, 2.05) is 49.0 Å². The van der Waals surface area contributed by atoms with Crippen molar-refractivity contribution in [2.75, 3.05) is 0 Å². The van der Waals surface area contributed by atoms with E-state index in [9.17, 15) is 0 Å². The summed E-state index contributed by atoms with van der Waals surface area (Å²) in [6.07, 6.45) is 14.5. The lowest BCUT2D eigenvalue weighted by Gasteiger charge is -2.07. The van der Waals surface area contributed by atoms with Crippen LogP contribution in [0.5, 0.6) is 0 Å². The molecule has 0 amide bonds. The van der Waals surface area contributed by atoms with Gasteiger partial charge < -0.3 is 0 Å². The molecule has 0 saturated carbocycles.